The molecule has 1 saturated carbocycles. The largest absolute Gasteiger partial charge is 0.353 e. The van der Waals surface area contributed by atoms with Gasteiger partial charge in [0.05, 0.1) is 17.9 Å². The lowest BCUT2D eigenvalue weighted by molar-refractivity contribution is 0.338. The van der Waals surface area contributed by atoms with E-state index in [4.69, 9.17) is 5.73 Å². The first-order chi connectivity index (χ1) is 14.2. The zero-order valence-corrected chi connectivity index (χ0v) is 16.6. The number of fused-ring (bicyclic) bond motifs is 2. The summed E-state index contributed by atoms with van der Waals surface area (Å²) in [6.45, 7) is 3.02. The molecule has 4 heterocycles. The van der Waals surface area contributed by atoms with E-state index in [-0.39, 0.29) is 0 Å². The minimum atomic E-state index is 0.376. The summed E-state index contributed by atoms with van der Waals surface area (Å²) < 4.78 is 3.92. The van der Waals surface area contributed by atoms with Crippen molar-refractivity contribution in [2.24, 2.45) is 11.7 Å². The minimum Gasteiger partial charge on any atom is -0.353 e. The van der Waals surface area contributed by atoms with Gasteiger partial charge in [0.1, 0.15) is 0 Å². The topological polar surface area (TPSA) is 98.4 Å². The lowest BCUT2D eigenvalue weighted by atomic mass is 9.86. The molecule has 4 aromatic rings. The minimum absolute atomic E-state index is 0.376. The molecule has 0 unspecified atom stereocenters. The highest BCUT2D eigenvalue weighted by Crippen LogP contribution is 2.26. The summed E-state index contributed by atoms with van der Waals surface area (Å²) in [4.78, 5) is 13.4. The highest BCUT2D eigenvalue weighted by atomic mass is 15.3. The van der Waals surface area contributed by atoms with Crippen molar-refractivity contribution in [3.05, 3.63) is 42.7 Å². The molecule has 5 rings (SSSR count). The normalized spacial score (nSPS) is 19.8. The molecular weight excluding hydrogens is 364 g/mol. The summed E-state index contributed by atoms with van der Waals surface area (Å²) in [7, 11) is 0. The van der Waals surface area contributed by atoms with Crippen LogP contribution in [0.25, 0.3) is 22.4 Å². The Labute approximate surface area is 169 Å². The SMILES string of the molecule is CCc1cnc2ncc(-c3ccn4nc(NCC5CCC(N)CC5)ncc34)cn12. The Morgan fingerprint density at radius 3 is 2.76 bits per heavy atom. The number of imidazole rings is 1. The molecule has 0 bridgehead atoms. The molecule has 150 valence electrons. The molecule has 0 amide bonds. The Hall–Kier alpha value is -3.00. The van der Waals surface area contributed by atoms with Gasteiger partial charge in [-0.15, -0.1) is 5.10 Å². The van der Waals surface area contributed by atoms with Crippen LogP contribution in [0.4, 0.5) is 5.95 Å². The number of hydrogen-bond donors (Lipinski definition) is 2. The van der Waals surface area contributed by atoms with Crippen LogP contribution in [0, 0.1) is 5.92 Å². The van der Waals surface area contributed by atoms with Gasteiger partial charge in [0.2, 0.25) is 11.7 Å². The van der Waals surface area contributed by atoms with Gasteiger partial charge in [0, 0.05) is 48.0 Å². The number of nitrogens with zero attached hydrogens (tertiary/aromatic N) is 6. The van der Waals surface area contributed by atoms with Gasteiger partial charge in [-0.2, -0.15) is 0 Å². The van der Waals surface area contributed by atoms with Crippen LogP contribution in [0.15, 0.2) is 37.1 Å². The Bertz CT molecular complexity index is 1140. The van der Waals surface area contributed by atoms with Crippen LogP contribution in [-0.2, 0) is 6.42 Å². The van der Waals surface area contributed by atoms with Gasteiger partial charge in [0.25, 0.3) is 0 Å². The molecule has 8 heteroatoms. The first kappa shape index (κ1) is 18.1. The first-order valence-corrected chi connectivity index (χ1v) is 10.4. The average molecular weight is 390 g/mol. The van der Waals surface area contributed by atoms with Gasteiger partial charge in [-0.3, -0.25) is 4.40 Å². The fraction of sp³-hybridized carbons (Fsp3) is 0.429. The maximum absolute atomic E-state index is 6.00. The monoisotopic (exact) mass is 390 g/mol. The van der Waals surface area contributed by atoms with Gasteiger partial charge in [-0.1, -0.05) is 6.92 Å². The second-order valence-electron chi connectivity index (χ2n) is 7.92. The molecule has 8 nitrogen and oxygen atoms in total. The number of nitrogens with two attached hydrogens (primary N) is 1. The van der Waals surface area contributed by atoms with Crippen molar-refractivity contribution < 1.29 is 0 Å². The Morgan fingerprint density at radius 1 is 1.10 bits per heavy atom. The number of aromatic nitrogens is 6. The lowest BCUT2D eigenvalue weighted by Crippen LogP contribution is -2.29. The molecule has 4 aromatic heterocycles. The molecule has 29 heavy (non-hydrogen) atoms. The van der Waals surface area contributed by atoms with Gasteiger partial charge in [-0.05, 0) is 44.1 Å². The molecule has 1 aliphatic rings. The highest BCUT2D eigenvalue weighted by Gasteiger charge is 2.18. The molecule has 0 saturated heterocycles. The fourth-order valence-electron chi connectivity index (χ4n) is 4.18. The van der Waals surface area contributed by atoms with Crippen LogP contribution in [0.3, 0.4) is 0 Å². The van der Waals surface area contributed by atoms with Crippen molar-refractivity contribution in [1.29, 1.82) is 0 Å². The predicted octanol–water partition coefficient (Wildman–Crippen LogP) is 2.93. The van der Waals surface area contributed by atoms with Crippen LogP contribution in [0.1, 0.15) is 38.3 Å². The van der Waals surface area contributed by atoms with E-state index in [1.165, 1.54) is 12.8 Å². The fourth-order valence-corrected chi connectivity index (χ4v) is 4.18. The van der Waals surface area contributed by atoms with Crippen LogP contribution >= 0.6 is 0 Å². The Morgan fingerprint density at radius 2 is 1.93 bits per heavy atom. The van der Waals surface area contributed by atoms with E-state index in [0.29, 0.717) is 17.9 Å². The third kappa shape index (κ3) is 3.44. The van der Waals surface area contributed by atoms with Crippen LogP contribution in [0.2, 0.25) is 0 Å². The maximum Gasteiger partial charge on any atom is 0.241 e. The van der Waals surface area contributed by atoms with Crippen molar-refractivity contribution in [2.75, 3.05) is 11.9 Å². The van der Waals surface area contributed by atoms with E-state index >= 15 is 0 Å². The average Bonchev–Trinajstić information content (AvgIpc) is 3.36. The first-order valence-electron chi connectivity index (χ1n) is 10.4. The molecule has 1 aliphatic carbocycles. The molecule has 0 aliphatic heterocycles. The Kier molecular flexibility index (Phi) is 4.63. The van der Waals surface area contributed by atoms with Crippen molar-refractivity contribution in [3.8, 4) is 11.1 Å². The number of hydrogen-bond acceptors (Lipinski definition) is 6. The molecular formula is C21H26N8. The van der Waals surface area contributed by atoms with Crippen LogP contribution in [0.5, 0.6) is 0 Å². The molecule has 0 aromatic carbocycles. The Balaban J connectivity index is 1.38. The number of anilines is 1. The number of rotatable bonds is 5. The molecule has 0 radical (unpaired) electrons. The molecule has 0 atom stereocenters. The summed E-state index contributed by atoms with van der Waals surface area (Å²) in [5.41, 5.74) is 10.2. The van der Waals surface area contributed by atoms with Gasteiger partial charge in [0.15, 0.2) is 0 Å². The standard InChI is InChI=1S/C21H26N8/c1-2-17-11-26-21-25-10-15(13-28(17)21)18-7-8-29-19(18)12-24-20(27-29)23-9-14-3-5-16(22)6-4-14/h7-8,10-14,16H,2-6,9,22H2,1H3,(H,23,27). The molecule has 0 spiro atoms. The lowest BCUT2D eigenvalue weighted by Gasteiger charge is -2.26. The number of aryl methyl sites for hydroxylation is 1. The molecule has 1 fully saturated rings. The summed E-state index contributed by atoms with van der Waals surface area (Å²) in [5.74, 6) is 2.03. The van der Waals surface area contributed by atoms with Crippen LogP contribution in [-0.4, -0.2) is 41.6 Å². The van der Waals surface area contributed by atoms with E-state index in [1.54, 1.807) is 0 Å². The second kappa shape index (κ2) is 7.44. The van der Waals surface area contributed by atoms with E-state index in [0.717, 1.165) is 53.9 Å². The third-order valence-corrected chi connectivity index (χ3v) is 5.97. The highest BCUT2D eigenvalue weighted by molar-refractivity contribution is 5.79. The van der Waals surface area contributed by atoms with Crippen LogP contribution < -0.4 is 11.1 Å². The summed E-state index contributed by atoms with van der Waals surface area (Å²) in [6.07, 6.45) is 15.2. The zero-order chi connectivity index (χ0) is 19.8. The summed E-state index contributed by atoms with van der Waals surface area (Å²) in [5, 5.41) is 8.03. The predicted molar refractivity (Wildman–Crippen MR) is 113 cm³/mol. The smallest absolute Gasteiger partial charge is 0.241 e. The quantitative estimate of drug-likeness (QED) is 0.544. The summed E-state index contributed by atoms with van der Waals surface area (Å²) in [6, 6.07) is 2.43. The van der Waals surface area contributed by atoms with Gasteiger partial charge in [-0.25, -0.2) is 19.5 Å². The molecule has 3 N–H and O–H groups in total. The van der Waals surface area contributed by atoms with E-state index in [1.807, 2.05) is 33.7 Å². The van der Waals surface area contributed by atoms with E-state index < -0.39 is 0 Å². The zero-order valence-electron chi connectivity index (χ0n) is 16.6. The van der Waals surface area contributed by atoms with Gasteiger partial charge < -0.3 is 11.1 Å². The second-order valence-corrected chi connectivity index (χ2v) is 7.92. The van der Waals surface area contributed by atoms with Gasteiger partial charge >= 0.3 is 0 Å². The van der Waals surface area contributed by atoms with E-state index in [9.17, 15) is 0 Å². The van der Waals surface area contributed by atoms with Crippen molar-refractivity contribution >= 4 is 17.2 Å². The third-order valence-electron chi connectivity index (χ3n) is 5.97. The summed E-state index contributed by atoms with van der Waals surface area (Å²) >= 11 is 0. The maximum atomic E-state index is 6.00. The number of nitrogens with one attached hydrogen (secondary N) is 1. The van der Waals surface area contributed by atoms with Crippen molar-refractivity contribution in [3.63, 3.8) is 0 Å². The van der Waals surface area contributed by atoms with Crippen molar-refractivity contribution in [2.45, 2.75) is 45.1 Å². The van der Waals surface area contributed by atoms with E-state index in [2.05, 4.69) is 44.6 Å². The van der Waals surface area contributed by atoms with Crippen molar-refractivity contribution in [1.82, 2.24) is 29.0 Å².